The van der Waals surface area contributed by atoms with Gasteiger partial charge in [-0.2, -0.15) is 5.26 Å². The van der Waals surface area contributed by atoms with E-state index in [-0.39, 0.29) is 28.6 Å². The average Bonchev–Trinajstić information content (AvgIpc) is 3.29. The average molecular weight is 480 g/mol. The summed E-state index contributed by atoms with van der Waals surface area (Å²) in [4.78, 5) is 13.7. The lowest BCUT2D eigenvalue weighted by Crippen LogP contribution is -2.35. The van der Waals surface area contributed by atoms with E-state index in [9.17, 15) is 19.0 Å². The molecule has 0 amide bonds. The fourth-order valence-corrected chi connectivity index (χ4v) is 5.62. The van der Waals surface area contributed by atoms with Crippen LogP contribution in [0.15, 0.2) is 74.1 Å². The van der Waals surface area contributed by atoms with Crippen molar-refractivity contribution in [2.24, 2.45) is 4.40 Å². The lowest BCUT2D eigenvalue weighted by atomic mass is 10.1. The van der Waals surface area contributed by atoms with Crippen LogP contribution in [0.2, 0.25) is 0 Å². The number of benzene rings is 2. The summed E-state index contributed by atoms with van der Waals surface area (Å²) >= 11 is 1.23. The van der Waals surface area contributed by atoms with Crippen molar-refractivity contribution < 1.29 is 14.2 Å². The lowest BCUT2D eigenvalue weighted by Gasteiger charge is -2.34. The number of hydrogen-bond donors (Lipinski definition) is 5. The number of anilines is 1. The minimum Gasteiger partial charge on any atom is -0.505 e. The van der Waals surface area contributed by atoms with Crippen LogP contribution in [0.3, 0.4) is 0 Å². The highest BCUT2D eigenvalue weighted by Crippen LogP contribution is 2.55. The highest BCUT2D eigenvalue weighted by atomic mass is 32.3. The van der Waals surface area contributed by atoms with Gasteiger partial charge in [0.1, 0.15) is 10.5 Å². The lowest BCUT2D eigenvalue weighted by molar-refractivity contribution is 0.479. The Hall–Kier alpha value is -3.82. The Morgan fingerprint density at radius 1 is 1.18 bits per heavy atom. The van der Waals surface area contributed by atoms with Gasteiger partial charge >= 0.3 is 0 Å². The second kappa shape index (κ2) is 7.95. The van der Waals surface area contributed by atoms with Gasteiger partial charge in [0.25, 0.3) is 5.56 Å². The highest BCUT2D eigenvalue weighted by molar-refractivity contribution is 8.23. The number of nitriles is 1. The molecule has 0 bridgehead atoms. The zero-order valence-corrected chi connectivity index (χ0v) is 18.5. The van der Waals surface area contributed by atoms with Crippen LogP contribution in [0.25, 0.3) is 10.2 Å². The molecule has 1 aliphatic heterocycles. The first-order valence-electron chi connectivity index (χ1n) is 9.72. The van der Waals surface area contributed by atoms with Crippen molar-refractivity contribution in [1.29, 1.82) is 5.26 Å². The van der Waals surface area contributed by atoms with Crippen molar-refractivity contribution in [3.05, 3.63) is 87.0 Å². The summed E-state index contributed by atoms with van der Waals surface area (Å²) in [6.07, 6.45) is 0. The maximum absolute atomic E-state index is 13.5. The van der Waals surface area contributed by atoms with Gasteiger partial charge < -0.3 is 15.8 Å². The van der Waals surface area contributed by atoms with Gasteiger partial charge in [-0.15, -0.1) is 15.7 Å². The largest absolute Gasteiger partial charge is 0.505 e. The molecule has 5 N–H and O–H groups in total. The monoisotopic (exact) mass is 479 g/mol. The number of rotatable bonds is 4. The van der Waals surface area contributed by atoms with Crippen LogP contribution < -0.4 is 16.3 Å². The molecule has 0 saturated heterocycles. The topological polar surface area (TPSA) is 143 Å². The van der Waals surface area contributed by atoms with Crippen LogP contribution in [0.1, 0.15) is 16.7 Å². The van der Waals surface area contributed by atoms with E-state index in [1.54, 1.807) is 47.8 Å². The summed E-state index contributed by atoms with van der Waals surface area (Å²) in [7, 11) is -3.57. The zero-order chi connectivity index (χ0) is 23.2. The Morgan fingerprint density at radius 3 is 2.82 bits per heavy atom. The van der Waals surface area contributed by atoms with Gasteiger partial charge in [0.15, 0.2) is 11.6 Å². The molecular weight excluding hydrogens is 462 g/mol. The molecule has 11 heteroatoms. The van der Waals surface area contributed by atoms with Crippen molar-refractivity contribution >= 4 is 43.9 Å². The summed E-state index contributed by atoms with van der Waals surface area (Å²) in [5, 5.41) is 24.7. The number of fused-ring (bicyclic) bond motifs is 2. The Balaban J connectivity index is 1.62. The third-order valence-electron chi connectivity index (χ3n) is 5.14. The first kappa shape index (κ1) is 21.0. The molecule has 2 aromatic carbocycles. The number of thiophene rings is 1. The number of nitrogens with one attached hydrogen (secondary N) is 2. The number of aromatic nitrogens is 1. The SMILES string of the molecule is N#Cc1cccc(CNn2c(=O)c(C3=NS(O)(O)c4ccccc4N3)c(O)c3sccc32)c1. The van der Waals surface area contributed by atoms with Crippen LogP contribution in [0, 0.1) is 11.3 Å². The first-order valence-corrected chi connectivity index (χ1v) is 12.1. The molecule has 0 atom stereocenters. The van der Waals surface area contributed by atoms with Gasteiger partial charge in [0.2, 0.25) is 0 Å². The normalized spacial score (nSPS) is 15.1. The van der Waals surface area contributed by atoms with E-state index >= 15 is 0 Å². The van der Waals surface area contributed by atoms with E-state index in [2.05, 4.69) is 21.2 Å². The minimum atomic E-state index is -3.57. The quantitative estimate of drug-likeness (QED) is 0.294. The van der Waals surface area contributed by atoms with E-state index in [0.29, 0.717) is 21.5 Å². The van der Waals surface area contributed by atoms with Crippen LogP contribution in [0.5, 0.6) is 5.75 Å². The summed E-state index contributed by atoms with van der Waals surface area (Å²) in [6, 6.07) is 17.3. The van der Waals surface area contributed by atoms with Gasteiger partial charge in [-0.05, 0) is 41.3 Å². The molecule has 0 saturated carbocycles. The second-order valence-electron chi connectivity index (χ2n) is 7.23. The Labute approximate surface area is 193 Å². The van der Waals surface area contributed by atoms with Crippen LogP contribution in [-0.4, -0.2) is 24.7 Å². The van der Waals surface area contributed by atoms with E-state index in [4.69, 9.17) is 5.26 Å². The molecule has 33 heavy (non-hydrogen) atoms. The molecule has 0 aliphatic carbocycles. The van der Waals surface area contributed by atoms with Crippen LogP contribution in [0.4, 0.5) is 5.69 Å². The molecule has 0 radical (unpaired) electrons. The third kappa shape index (κ3) is 3.61. The van der Waals surface area contributed by atoms with Gasteiger partial charge in [-0.25, -0.2) is 4.68 Å². The number of hydrogen-bond acceptors (Lipinski definition) is 9. The molecule has 166 valence electrons. The first-order chi connectivity index (χ1) is 15.9. The number of nitrogens with zero attached hydrogens (tertiary/aromatic N) is 3. The number of para-hydroxylation sites is 1. The van der Waals surface area contributed by atoms with Gasteiger partial charge in [0, 0.05) is 0 Å². The van der Waals surface area contributed by atoms with Crippen molar-refractivity contribution in [1.82, 2.24) is 4.68 Å². The fourth-order valence-electron chi connectivity index (χ4n) is 3.63. The summed E-state index contributed by atoms with van der Waals surface area (Å²) < 4.78 is 26.8. The fraction of sp³-hybridized carbons (Fsp3) is 0.0455. The van der Waals surface area contributed by atoms with E-state index in [0.717, 1.165) is 5.56 Å². The van der Waals surface area contributed by atoms with Crippen molar-refractivity contribution in [2.75, 3.05) is 10.7 Å². The van der Waals surface area contributed by atoms with Crippen LogP contribution >= 0.6 is 22.1 Å². The van der Waals surface area contributed by atoms with Gasteiger partial charge in [-0.3, -0.25) is 13.9 Å². The summed E-state index contributed by atoms with van der Waals surface area (Å²) in [5.74, 6) is -0.427. The molecule has 5 rings (SSSR count). The molecule has 3 heterocycles. The Kier molecular flexibility index (Phi) is 5.07. The van der Waals surface area contributed by atoms with Crippen LogP contribution in [-0.2, 0) is 6.54 Å². The number of pyridine rings is 1. The second-order valence-corrected chi connectivity index (χ2v) is 9.80. The minimum absolute atomic E-state index is 0.131. The van der Waals surface area contributed by atoms with Gasteiger partial charge in [-0.1, -0.05) is 35.0 Å². The predicted octanol–water partition coefficient (Wildman–Crippen LogP) is 4.28. The Bertz CT molecular complexity index is 1530. The smallest absolute Gasteiger partial charge is 0.284 e. The third-order valence-corrected chi connectivity index (χ3v) is 7.44. The maximum atomic E-state index is 13.5. The molecule has 0 unspecified atom stereocenters. The molecular formula is C22H17N5O4S2. The molecule has 0 fully saturated rings. The van der Waals surface area contributed by atoms with Crippen molar-refractivity contribution in [3.8, 4) is 11.8 Å². The van der Waals surface area contributed by atoms with Crippen molar-refractivity contribution in [3.63, 3.8) is 0 Å². The van der Waals surface area contributed by atoms with E-state index < -0.39 is 16.3 Å². The predicted molar refractivity (Wildman–Crippen MR) is 130 cm³/mol. The zero-order valence-electron chi connectivity index (χ0n) is 16.9. The number of aromatic hydroxyl groups is 1. The highest BCUT2D eigenvalue weighted by Gasteiger charge is 2.30. The standard InChI is InChI=1S/C22H17N5O4S2/c23-11-13-4-3-5-14(10-13)12-24-27-16-8-9-32-20(16)19(28)18(22(27)29)21-25-15-6-1-2-7-17(15)33(30,31)26-21/h1-10,24,28,30-31H,12H2,(H,25,26). The molecule has 9 nitrogen and oxygen atoms in total. The summed E-state index contributed by atoms with van der Waals surface area (Å²) in [6.45, 7) is 0.239. The van der Waals surface area contributed by atoms with E-state index in [1.807, 2.05) is 6.07 Å². The Morgan fingerprint density at radius 2 is 2.00 bits per heavy atom. The number of amidine groups is 1. The maximum Gasteiger partial charge on any atom is 0.284 e. The summed E-state index contributed by atoms with van der Waals surface area (Å²) in [5.41, 5.74) is 4.39. The van der Waals surface area contributed by atoms with E-state index in [1.165, 1.54) is 22.1 Å². The molecule has 0 spiro atoms. The van der Waals surface area contributed by atoms with Gasteiger partial charge in [0.05, 0.1) is 34.1 Å². The molecule has 1 aliphatic rings. The molecule has 4 aromatic rings. The van der Waals surface area contributed by atoms with Crippen molar-refractivity contribution in [2.45, 2.75) is 11.4 Å². The molecule has 2 aromatic heterocycles.